The Morgan fingerprint density at radius 3 is 2.48 bits per heavy atom. The first-order valence-electron chi connectivity index (χ1n) is 13.3. The first-order chi connectivity index (χ1) is 18.6. The van der Waals surface area contributed by atoms with Crippen LogP contribution in [0.4, 0.5) is 13.2 Å². The summed E-state index contributed by atoms with van der Waals surface area (Å²) in [5, 5.41) is 0. The van der Waals surface area contributed by atoms with Gasteiger partial charge in [-0.25, -0.2) is 8.42 Å². The number of carbonyl (C=O) groups excluding carboxylic acids is 1. The lowest BCUT2D eigenvalue weighted by Gasteiger charge is -2.23. The lowest BCUT2D eigenvalue weighted by molar-refractivity contribution is -0.137. The van der Waals surface area contributed by atoms with Gasteiger partial charge in [0.1, 0.15) is 12.4 Å². The highest BCUT2D eigenvalue weighted by molar-refractivity contribution is 7.88. The molecule has 40 heavy (non-hydrogen) atoms. The monoisotopic (exact) mass is 586 g/mol. The van der Waals surface area contributed by atoms with Gasteiger partial charge in [0, 0.05) is 37.4 Å². The number of halogens is 3. The fourth-order valence-electron chi connectivity index (χ4n) is 5.33. The van der Waals surface area contributed by atoms with Gasteiger partial charge in [0.25, 0.3) is 5.91 Å². The van der Waals surface area contributed by atoms with Crippen LogP contribution in [0.15, 0.2) is 29.3 Å². The van der Waals surface area contributed by atoms with Crippen LogP contribution in [0.1, 0.15) is 68.1 Å². The third kappa shape index (κ3) is 6.80. The zero-order valence-electron chi connectivity index (χ0n) is 23.5. The molecule has 2 saturated heterocycles. The van der Waals surface area contributed by atoms with E-state index in [0.29, 0.717) is 38.0 Å². The summed E-state index contributed by atoms with van der Waals surface area (Å²) in [5.74, 6) is -0.973. The second kappa shape index (κ2) is 11.3. The number of aromatic nitrogens is 2. The molecule has 0 radical (unpaired) electrons. The van der Waals surface area contributed by atoms with E-state index < -0.39 is 33.7 Å². The van der Waals surface area contributed by atoms with Crippen molar-refractivity contribution in [1.82, 2.24) is 13.7 Å². The maximum Gasteiger partial charge on any atom is 0.416 e. The number of amides is 1. The maximum atomic E-state index is 13.6. The molecule has 0 spiro atoms. The highest BCUT2D eigenvalue weighted by Gasteiger charge is 2.34. The molecule has 1 aromatic carbocycles. The number of ether oxygens (including phenoxy) is 2. The number of nitrogens with zero attached hydrogens (tertiary/aromatic N) is 4. The van der Waals surface area contributed by atoms with Crippen molar-refractivity contribution in [2.24, 2.45) is 12.0 Å². The summed E-state index contributed by atoms with van der Waals surface area (Å²) < 4.78 is 81.6. The van der Waals surface area contributed by atoms with Crippen LogP contribution in [-0.2, 0) is 39.9 Å². The van der Waals surface area contributed by atoms with Crippen molar-refractivity contribution in [3.8, 4) is 5.75 Å². The van der Waals surface area contributed by atoms with Crippen LogP contribution in [0.5, 0.6) is 5.75 Å². The van der Waals surface area contributed by atoms with Crippen molar-refractivity contribution >= 4 is 15.9 Å². The molecular formula is C27H37F3N4O5S. The van der Waals surface area contributed by atoms with Crippen LogP contribution in [0, 0.1) is 0 Å². The zero-order chi connectivity index (χ0) is 29.5. The number of alkyl halides is 3. The summed E-state index contributed by atoms with van der Waals surface area (Å²) in [4.78, 5) is 17.8. The smallest absolute Gasteiger partial charge is 0.416 e. The van der Waals surface area contributed by atoms with Crippen molar-refractivity contribution in [2.45, 2.75) is 76.7 Å². The van der Waals surface area contributed by atoms with Crippen molar-refractivity contribution in [2.75, 3.05) is 26.0 Å². The quantitative estimate of drug-likeness (QED) is 0.491. The molecule has 2 fully saturated rings. The van der Waals surface area contributed by atoms with Crippen LogP contribution in [0.25, 0.3) is 0 Å². The van der Waals surface area contributed by atoms with Gasteiger partial charge < -0.3 is 9.47 Å². The van der Waals surface area contributed by atoms with Gasteiger partial charge in [-0.1, -0.05) is 20.8 Å². The van der Waals surface area contributed by atoms with E-state index in [1.165, 1.54) is 4.31 Å². The first-order valence-corrected chi connectivity index (χ1v) is 15.2. The molecule has 0 saturated carbocycles. The Labute approximate surface area is 232 Å². The fourth-order valence-corrected chi connectivity index (χ4v) is 6.49. The predicted octanol–water partition coefficient (Wildman–Crippen LogP) is 3.87. The predicted molar refractivity (Wildman–Crippen MR) is 142 cm³/mol. The van der Waals surface area contributed by atoms with Gasteiger partial charge in [-0.15, -0.1) is 0 Å². The van der Waals surface area contributed by atoms with Gasteiger partial charge in [-0.2, -0.15) is 22.5 Å². The molecule has 2 atom stereocenters. The van der Waals surface area contributed by atoms with Crippen molar-refractivity contribution in [3.63, 3.8) is 0 Å². The Balaban J connectivity index is 1.73. The molecule has 222 valence electrons. The molecule has 4 rings (SSSR count). The number of hydrogen-bond acceptors (Lipinski definition) is 5. The third-order valence-electron chi connectivity index (χ3n) is 7.34. The Kier molecular flexibility index (Phi) is 8.58. The number of hydrogen-bond donors (Lipinski definition) is 0. The number of carbonyl (C=O) groups is 1. The number of benzene rings is 1. The van der Waals surface area contributed by atoms with E-state index in [0.717, 1.165) is 43.0 Å². The highest BCUT2D eigenvalue weighted by Crippen LogP contribution is 2.33. The average molecular weight is 587 g/mol. The zero-order valence-corrected chi connectivity index (χ0v) is 24.3. The van der Waals surface area contributed by atoms with E-state index in [1.807, 2.05) is 37.2 Å². The van der Waals surface area contributed by atoms with E-state index in [-0.39, 0.29) is 29.4 Å². The molecule has 1 amide bonds. The molecule has 3 heterocycles. The van der Waals surface area contributed by atoms with E-state index in [2.05, 4.69) is 4.99 Å². The summed E-state index contributed by atoms with van der Waals surface area (Å²) in [7, 11) is -1.62. The second-order valence-corrected chi connectivity index (χ2v) is 13.4. The van der Waals surface area contributed by atoms with E-state index in [9.17, 15) is 26.4 Å². The molecule has 2 aliphatic rings. The van der Waals surface area contributed by atoms with E-state index >= 15 is 0 Å². The SMILES string of the molecule is Cn1c(C(C)(C)C)c/c(=N\C(=O)c2cc(C(F)(F)F)ccc2OC[C@@H]2CCCN2S(C)(=O)=O)n1C[C@H]1CCCO1. The van der Waals surface area contributed by atoms with Gasteiger partial charge in [-0.3, -0.25) is 14.2 Å². The first kappa shape index (κ1) is 30.3. The highest BCUT2D eigenvalue weighted by atomic mass is 32.2. The summed E-state index contributed by atoms with van der Waals surface area (Å²) in [6.45, 7) is 7.39. The molecule has 9 nitrogen and oxygen atoms in total. The van der Waals surface area contributed by atoms with Crippen LogP contribution in [0.3, 0.4) is 0 Å². The fraction of sp³-hybridized carbons (Fsp3) is 0.630. The number of sulfonamides is 1. The lowest BCUT2D eigenvalue weighted by atomic mass is 9.92. The van der Waals surface area contributed by atoms with Crippen LogP contribution in [-0.4, -0.2) is 66.2 Å². The van der Waals surface area contributed by atoms with Gasteiger partial charge in [0.05, 0.1) is 36.1 Å². The Morgan fingerprint density at radius 2 is 1.88 bits per heavy atom. The number of rotatable bonds is 7. The van der Waals surface area contributed by atoms with E-state index in [1.54, 1.807) is 6.07 Å². The minimum absolute atomic E-state index is 0.0628. The molecule has 2 aliphatic heterocycles. The van der Waals surface area contributed by atoms with Gasteiger partial charge in [-0.05, 0) is 43.9 Å². The van der Waals surface area contributed by atoms with Crippen molar-refractivity contribution in [1.29, 1.82) is 0 Å². The van der Waals surface area contributed by atoms with E-state index in [4.69, 9.17) is 9.47 Å². The summed E-state index contributed by atoms with van der Waals surface area (Å²) in [6.07, 6.45) is -0.669. The Morgan fingerprint density at radius 1 is 1.15 bits per heavy atom. The van der Waals surface area contributed by atoms with Gasteiger partial charge in [0.15, 0.2) is 5.49 Å². The summed E-state index contributed by atoms with van der Waals surface area (Å²) in [5.41, 5.74) is -0.451. The standard InChI is InChI=1S/C27H37F3N4O5S/c1-26(2,3)23-15-24(33(32(23)4)16-20-9-7-13-38-20)31-25(35)21-14-18(27(28,29)30)10-11-22(21)39-17-19-8-6-12-34(19)40(5,36)37/h10-11,14-15,19-20H,6-9,12-13,16-17H2,1-5H3/b31-24+/t19-,20+/m0/s1. The van der Waals surface area contributed by atoms with Crippen molar-refractivity contribution in [3.05, 3.63) is 46.6 Å². The molecule has 1 aromatic heterocycles. The molecular weight excluding hydrogens is 549 g/mol. The van der Waals surface area contributed by atoms with Gasteiger partial charge >= 0.3 is 6.18 Å². The van der Waals surface area contributed by atoms with Crippen molar-refractivity contribution < 1.29 is 35.9 Å². The third-order valence-corrected chi connectivity index (χ3v) is 8.68. The minimum Gasteiger partial charge on any atom is -0.491 e. The molecule has 0 aliphatic carbocycles. The maximum absolute atomic E-state index is 13.6. The minimum atomic E-state index is -4.68. The Hall–Kier alpha value is -2.64. The second-order valence-electron chi connectivity index (χ2n) is 11.5. The Bertz CT molecular complexity index is 1420. The largest absolute Gasteiger partial charge is 0.491 e. The van der Waals surface area contributed by atoms with Gasteiger partial charge in [0.2, 0.25) is 10.0 Å². The summed E-state index contributed by atoms with van der Waals surface area (Å²) >= 11 is 0. The lowest BCUT2D eigenvalue weighted by Crippen LogP contribution is -2.38. The van der Waals surface area contributed by atoms with Crippen LogP contribution >= 0.6 is 0 Å². The topological polar surface area (TPSA) is 95.1 Å². The van der Waals surface area contributed by atoms with Crippen LogP contribution in [0.2, 0.25) is 0 Å². The molecule has 13 heteroatoms. The molecule has 2 aromatic rings. The normalized spacial score (nSPS) is 21.4. The summed E-state index contributed by atoms with van der Waals surface area (Å²) in [6, 6.07) is 3.96. The molecule has 0 unspecified atom stereocenters. The molecule has 0 N–H and O–H groups in total. The van der Waals surface area contributed by atoms with Crippen LogP contribution < -0.4 is 10.2 Å². The molecule has 0 bridgehead atoms. The average Bonchev–Trinajstić information content (AvgIpc) is 3.59.